The SMILES string of the molecule is COc1cc(-c2noc(Cc3ccccc3N)n2)ncn1. The summed E-state index contributed by atoms with van der Waals surface area (Å²) >= 11 is 0. The first kappa shape index (κ1) is 13.0. The summed E-state index contributed by atoms with van der Waals surface area (Å²) in [7, 11) is 1.53. The zero-order valence-corrected chi connectivity index (χ0v) is 11.4. The number of benzene rings is 1. The Kier molecular flexibility index (Phi) is 3.46. The average molecular weight is 283 g/mol. The maximum Gasteiger partial charge on any atom is 0.231 e. The van der Waals surface area contributed by atoms with Crippen LogP contribution < -0.4 is 10.5 Å². The average Bonchev–Trinajstić information content (AvgIpc) is 2.98. The van der Waals surface area contributed by atoms with Gasteiger partial charge in [-0.25, -0.2) is 9.97 Å². The van der Waals surface area contributed by atoms with Gasteiger partial charge in [-0.2, -0.15) is 4.98 Å². The van der Waals surface area contributed by atoms with Gasteiger partial charge in [-0.3, -0.25) is 0 Å². The lowest BCUT2D eigenvalue weighted by Gasteiger charge is -2.00. The molecule has 0 unspecified atom stereocenters. The van der Waals surface area contributed by atoms with Crippen molar-refractivity contribution in [3.05, 3.63) is 48.1 Å². The molecule has 106 valence electrons. The number of nitrogen functional groups attached to an aromatic ring is 1. The zero-order valence-electron chi connectivity index (χ0n) is 11.4. The first-order valence-corrected chi connectivity index (χ1v) is 6.28. The van der Waals surface area contributed by atoms with Crippen LogP contribution in [0.3, 0.4) is 0 Å². The van der Waals surface area contributed by atoms with Gasteiger partial charge in [0, 0.05) is 11.8 Å². The van der Waals surface area contributed by atoms with E-state index in [1.54, 1.807) is 6.07 Å². The maximum atomic E-state index is 5.90. The van der Waals surface area contributed by atoms with Crippen molar-refractivity contribution in [3.63, 3.8) is 0 Å². The number of hydrogen-bond donors (Lipinski definition) is 1. The molecule has 3 aromatic rings. The molecule has 0 aliphatic heterocycles. The number of methoxy groups -OCH3 is 1. The summed E-state index contributed by atoms with van der Waals surface area (Å²) in [4.78, 5) is 12.3. The van der Waals surface area contributed by atoms with E-state index in [0.29, 0.717) is 35.4 Å². The topological polar surface area (TPSA) is 100.0 Å². The number of hydrogen-bond acceptors (Lipinski definition) is 7. The molecule has 0 aliphatic carbocycles. The van der Waals surface area contributed by atoms with Crippen LogP contribution >= 0.6 is 0 Å². The summed E-state index contributed by atoms with van der Waals surface area (Å²) in [5.74, 6) is 1.30. The summed E-state index contributed by atoms with van der Waals surface area (Å²) in [6.45, 7) is 0. The Hall–Kier alpha value is -2.96. The summed E-state index contributed by atoms with van der Waals surface area (Å²) in [6.07, 6.45) is 1.86. The van der Waals surface area contributed by atoms with Crippen LogP contribution in [0.15, 0.2) is 41.2 Å². The molecule has 7 heteroatoms. The fourth-order valence-electron chi connectivity index (χ4n) is 1.86. The van der Waals surface area contributed by atoms with Crippen LogP contribution in [0.1, 0.15) is 11.5 Å². The van der Waals surface area contributed by atoms with Gasteiger partial charge < -0.3 is 15.0 Å². The predicted octanol–water partition coefficient (Wildman–Crippen LogP) is 1.71. The molecule has 0 spiro atoms. The maximum absolute atomic E-state index is 5.90. The van der Waals surface area contributed by atoms with E-state index in [-0.39, 0.29) is 0 Å². The monoisotopic (exact) mass is 283 g/mol. The minimum absolute atomic E-state index is 0.389. The van der Waals surface area contributed by atoms with Gasteiger partial charge in [0.1, 0.15) is 12.0 Å². The van der Waals surface area contributed by atoms with Crippen LogP contribution in [0.25, 0.3) is 11.5 Å². The Bertz CT molecular complexity index is 756. The van der Waals surface area contributed by atoms with E-state index in [4.69, 9.17) is 15.0 Å². The number of para-hydroxylation sites is 1. The Labute approximate surface area is 120 Å². The second-order valence-corrected chi connectivity index (χ2v) is 4.33. The molecule has 2 heterocycles. The van der Waals surface area contributed by atoms with Crippen molar-refractivity contribution in [3.8, 4) is 17.4 Å². The van der Waals surface area contributed by atoms with E-state index in [2.05, 4.69) is 20.1 Å². The highest BCUT2D eigenvalue weighted by Gasteiger charge is 2.12. The molecule has 0 amide bonds. The Balaban J connectivity index is 1.85. The first-order chi connectivity index (χ1) is 10.3. The number of nitrogens with two attached hydrogens (primary N) is 1. The van der Waals surface area contributed by atoms with Crippen LogP contribution in [0.4, 0.5) is 5.69 Å². The number of aromatic nitrogens is 4. The minimum atomic E-state index is 0.389. The van der Waals surface area contributed by atoms with Crippen molar-refractivity contribution in [1.82, 2.24) is 20.1 Å². The van der Waals surface area contributed by atoms with Gasteiger partial charge in [0.05, 0.1) is 13.5 Å². The van der Waals surface area contributed by atoms with Crippen molar-refractivity contribution >= 4 is 5.69 Å². The molecule has 0 bridgehead atoms. The van der Waals surface area contributed by atoms with Crippen molar-refractivity contribution in [2.75, 3.05) is 12.8 Å². The van der Waals surface area contributed by atoms with Gasteiger partial charge in [0.25, 0.3) is 0 Å². The molecule has 3 rings (SSSR count). The molecule has 0 saturated heterocycles. The lowest BCUT2D eigenvalue weighted by Crippen LogP contribution is -1.95. The van der Waals surface area contributed by atoms with E-state index in [0.717, 1.165) is 5.56 Å². The van der Waals surface area contributed by atoms with Gasteiger partial charge in [-0.1, -0.05) is 23.4 Å². The second kappa shape index (κ2) is 5.58. The summed E-state index contributed by atoms with van der Waals surface area (Å²) in [5.41, 5.74) is 8.07. The highest BCUT2D eigenvalue weighted by molar-refractivity contribution is 5.50. The molecule has 0 saturated carbocycles. The molecule has 2 aromatic heterocycles. The molecular formula is C14H13N5O2. The standard InChI is InChI=1S/C14H13N5O2/c1-20-12-7-11(16-8-17-12)14-18-13(21-19-14)6-9-4-2-3-5-10(9)15/h2-5,7-8H,6,15H2,1H3. The van der Waals surface area contributed by atoms with Crippen molar-refractivity contribution < 1.29 is 9.26 Å². The fraction of sp³-hybridized carbons (Fsp3) is 0.143. The Morgan fingerprint density at radius 1 is 1.24 bits per heavy atom. The van der Waals surface area contributed by atoms with Crippen molar-refractivity contribution in [2.24, 2.45) is 0 Å². The molecular weight excluding hydrogens is 270 g/mol. The third kappa shape index (κ3) is 2.81. The number of ether oxygens (including phenoxy) is 1. The van der Waals surface area contributed by atoms with Crippen LogP contribution in [-0.4, -0.2) is 27.2 Å². The minimum Gasteiger partial charge on any atom is -0.481 e. The number of rotatable bonds is 4. The molecule has 0 aliphatic rings. The molecule has 7 nitrogen and oxygen atoms in total. The summed E-state index contributed by atoms with van der Waals surface area (Å²) in [5, 5.41) is 3.91. The number of anilines is 1. The third-order valence-corrected chi connectivity index (χ3v) is 2.95. The second-order valence-electron chi connectivity index (χ2n) is 4.33. The van der Waals surface area contributed by atoms with E-state index in [1.165, 1.54) is 13.4 Å². The van der Waals surface area contributed by atoms with E-state index >= 15 is 0 Å². The smallest absolute Gasteiger partial charge is 0.231 e. The van der Waals surface area contributed by atoms with E-state index in [9.17, 15) is 0 Å². The zero-order chi connectivity index (χ0) is 14.7. The predicted molar refractivity (Wildman–Crippen MR) is 75.5 cm³/mol. The van der Waals surface area contributed by atoms with Gasteiger partial charge >= 0.3 is 0 Å². The molecule has 0 atom stereocenters. The van der Waals surface area contributed by atoms with Crippen LogP contribution in [0.2, 0.25) is 0 Å². The van der Waals surface area contributed by atoms with Crippen LogP contribution in [-0.2, 0) is 6.42 Å². The lowest BCUT2D eigenvalue weighted by atomic mass is 10.1. The normalized spacial score (nSPS) is 10.5. The highest BCUT2D eigenvalue weighted by atomic mass is 16.5. The summed E-state index contributed by atoms with van der Waals surface area (Å²) < 4.78 is 10.3. The highest BCUT2D eigenvalue weighted by Crippen LogP contribution is 2.19. The molecule has 1 aromatic carbocycles. The molecule has 0 fully saturated rings. The van der Waals surface area contributed by atoms with Gasteiger partial charge in [0.15, 0.2) is 0 Å². The lowest BCUT2D eigenvalue weighted by molar-refractivity contribution is 0.385. The Morgan fingerprint density at radius 3 is 2.90 bits per heavy atom. The first-order valence-electron chi connectivity index (χ1n) is 6.28. The van der Waals surface area contributed by atoms with Gasteiger partial charge in [-0.15, -0.1) is 0 Å². The Morgan fingerprint density at radius 2 is 2.10 bits per heavy atom. The van der Waals surface area contributed by atoms with Crippen LogP contribution in [0, 0.1) is 0 Å². The van der Waals surface area contributed by atoms with E-state index < -0.39 is 0 Å². The number of nitrogens with zero attached hydrogens (tertiary/aromatic N) is 4. The largest absolute Gasteiger partial charge is 0.481 e. The molecule has 2 N–H and O–H groups in total. The third-order valence-electron chi connectivity index (χ3n) is 2.95. The van der Waals surface area contributed by atoms with Gasteiger partial charge in [-0.05, 0) is 11.6 Å². The van der Waals surface area contributed by atoms with E-state index in [1.807, 2.05) is 24.3 Å². The van der Waals surface area contributed by atoms with Crippen LogP contribution in [0.5, 0.6) is 5.88 Å². The quantitative estimate of drug-likeness (QED) is 0.727. The fourth-order valence-corrected chi connectivity index (χ4v) is 1.86. The summed E-state index contributed by atoms with van der Waals surface area (Å²) in [6, 6.07) is 9.20. The molecule has 0 radical (unpaired) electrons. The van der Waals surface area contributed by atoms with Crippen molar-refractivity contribution in [1.29, 1.82) is 0 Å². The van der Waals surface area contributed by atoms with Crippen molar-refractivity contribution in [2.45, 2.75) is 6.42 Å². The molecule has 21 heavy (non-hydrogen) atoms. The van der Waals surface area contributed by atoms with Gasteiger partial charge in [0.2, 0.25) is 17.6 Å².